The second kappa shape index (κ2) is 4.48. The molecule has 2 aromatic rings. The van der Waals surface area contributed by atoms with Crippen molar-refractivity contribution in [3.8, 4) is 0 Å². The lowest BCUT2D eigenvalue weighted by atomic mass is 10.2. The number of nitrogens with zero attached hydrogens (tertiary/aromatic N) is 4. The molecule has 5 nitrogen and oxygen atoms in total. The summed E-state index contributed by atoms with van der Waals surface area (Å²) in [6.07, 6.45) is 3.17. The van der Waals surface area contributed by atoms with Crippen LogP contribution in [0.5, 0.6) is 0 Å². The van der Waals surface area contributed by atoms with Crippen molar-refractivity contribution in [2.45, 2.75) is 39.2 Å². The number of hydrogen-bond acceptors (Lipinski definition) is 4. The number of hydrogen-bond donors (Lipinski definition) is 0. The Bertz CT molecular complexity index is 589. The van der Waals surface area contributed by atoms with Crippen LogP contribution in [0, 0.1) is 13.8 Å². The van der Waals surface area contributed by atoms with Crippen molar-refractivity contribution in [2.24, 2.45) is 0 Å². The molecule has 1 atom stereocenters. The molecule has 3 heterocycles. The van der Waals surface area contributed by atoms with Gasteiger partial charge in [0.2, 0.25) is 0 Å². The third-order valence-electron chi connectivity index (χ3n) is 3.53. The second-order valence-electron chi connectivity index (χ2n) is 4.73. The lowest BCUT2D eigenvalue weighted by Crippen LogP contribution is -2.13. The van der Waals surface area contributed by atoms with E-state index < -0.39 is 0 Å². The van der Waals surface area contributed by atoms with E-state index in [9.17, 15) is 0 Å². The Morgan fingerprint density at radius 2 is 2.17 bits per heavy atom. The molecular weight excluding hydrogens is 252 g/mol. The van der Waals surface area contributed by atoms with Gasteiger partial charge in [0.15, 0.2) is 16.6 Å². The van der Waals surface area contributed by atoms with Gasteiger partial charge in [0.1, 0.15) is 0 Å². The topological polar surface area (TPSA) is 52.3 Å². The molecule has 0 saturated carbocycles. The van der Waals surface area contributed by atoms with Crippen LogP contribution >= 0.6 is 11.6 Å². The first-order chi connectivity index (χ1) is 8.66. The zero-order valence-corrected chi connectivity index (χ0v) is 11.2. The molecule has 0 spiro atoms. The summed E-state index contributed by atoms with van der Waals surface area (Å²) in [5.74, 6) is 0.821. The van der Waals surface area contributed by atoms with E-state index in [4.69, 9.17) is 16.3 Å². The zero-order valence-electron chi connectivity index (χ0n) is 10.5. The number of ether oxygens (including phenoxy) is 1. The van der Waals surface area contributed by atoms with Crippen molar-refractivity contribution in [3.05, 3.63) is 22.1 Å². The molecule has 1 aliphatic rings. The van der Waals surface area contributed by atoms with Crippen LogP contribution in [0.3, 0.4) is 0 Å². The van der Waals surface area contributed by atoms with Crippen LogP contribution in [0.25, 0.3) is 5.65 Å². The Kier molecular flexibility index (Phi) is 2.95. The van der Waals surface area contributed by atoms with Crippen LogP contribution in [0.4, 0.5) is 0 Å². The van der Waals surface area contributed by atoms with E-state index in [1.54, 1.807) is 4.52 Å². The molecule has 0 N–H and O–H groups in total. The lowest BCUT2D eigenvalue weighted by Gasteiger charge is -2.08. The lowest BCUT2D eigenvalue weighted by molar-refractivity contribution is 0.109. The van der Waals surface area contributed by atoms with Gasteiger partial charge in [0, 0.05) is 18.6 Å². The fourth-order valence-corrected chi connectivity index (χ4v) is 2.49. The molecule has 18 heavy (non-hydrogen) atoms. The van der Waals surface area contributed by atoms with Gasteiger partial charge in [-0.2, -0.15) is 9.61 Å². The number of fused-ring (bicyclic) bond motifs is 1. The summed E-state index contributed by atoms with van der Waals surface area (Å²) in [6, 6.07) is 0. The number of rotatable bonds is 2. The van der Waals surface area contributed by atoms with Crippen molar-refractivity contribution in [1.82, 2.24) is 19.8 Å². The maximum atomic E-state index is 6.12. The standard InChI is InChI=1S/C12H15ClN4O/c1-7-8(2)12-15-14-10(17(12)16-11(7)13)6-9-4-3-5-18-9/h9H,3-6H2,1-2H3. The summed E-state index contributed by atoms with van der Waals surface area (Å²) in [6.45, 7) is 4.77. The van der Waals surface area contributed by atoms with Crippen molar-refractivity contribution in [2.75, 3.05) is 6.61 Å². The number of aromatic nitrogens is 4. The smallest absolute Gasteiger partial charge is 0.181 e. The summed E-state index contributed by atoms with van der Waals surface area (Å²) in [5.41, 5.74) is 2.77. The summed E-state index contributed by atoms with van der Waals surface area (Å²) in [7, 11) is 0. The maximum absolute atomic E-state index is 6.12. The van der Waals surface area contributed by atoms with E-state index in [-0.39, 0.29) is 6.10 Å². The quantitative estimate of drug-likeness (QED) is 0.835. The van der Waals surface area contributed by atoms with Gasteiger partial charge in [0.25, 0.3) is 0 Å². The fourth-order valence-electron chi connectivity index (χ4n) is 2.27. The predicted octanol–water partition coefficient (Wildman–Crippen LogP) is 2.12. The minimum absolute atomic E-state index is 0.236. The highest BCUT2D eigenvalue weighted by atomic mass is 35.5. The predicted molar refractivity (Wildman–Crippen MR) is 67.9 cm³/mol. The van der Waals surface area contributed by atoms with Crippen LogP contribution in [0.2, 0.25) is 5.15 Å². The fraction of sp³-hybridized carbons (Fsp3) is 0.583. The first-order valence-electron chi connectivity index (χ1n) is 6.15. The molecule has 1 fully saturated rings. The zero-order chi connectivity index (χ0) is 12.7. The SMILES string of the molecule is Cc1c(Cl)nn2c(CC3CCCO3)nnc2c1C. The molecule has 1 aliphatic heterocycles. The molecule has 1 saturated heterocycles. The van der Waals surface area contributed by atoms with Crippen molar-refractivity contribution >= 4 is 17.2 Å². The Hall–Kier alpha value is -1.20. The van der Waals surface area contributed by atoms with Crippen molar-refractivity contribution < 1.29 is 4.74 Å². The molecule has 0 aliphatic carbocycles. The monoisotopic (exact) mass is 266 g/mol. The Labute approximate surface area is 110 Å². The summed E-state index contributed by atoms with van der Waals surface area (Å²) >= 11 is 6.12. The molecule has 2 aromatic heterocycles. The van der Waals surface area contributed by atoms with E-state index in [2.05, 4.69) is 15.3 Å². The van der Waals surface area contributed by atoms with Crippen LogP contribution in [0.1, 0.15) is 29.8 Å². The van der Waals surface area contributed by atoms with Gasteiger partial charge in [-0.1, -0.05) is 11.6 Å². The molecular formula is C12H15ClN4O. The first-order valence-corrected chi connectivity index (χ1v) is 6.53. The Balaban J connectivity index is 2.03. The van der Waals surface area contributed by atoms with E-state index in [1.807, 2.05) is 13.8 Å². The molecule has 96 valence electrons. The molecule has 6 heteroatoms. The third-order valence-corrected chi connectivity index (χ3v) is 3.89. The van der Waals surface area contributed by atoms with Crippen LogP contribution in [0.15, 0.2) is 0 Å². The average Bonchev–Trinajstić information content (AvgIpc) is 2.98. The van der Waals surface area contributed by atoms with Gasteiger partial charge in [-0.3, -0.25) is 0 Å². The van der Waals surface area contributed by atoms with Gasteiger partial charge in [-0.05, 0) is 32.3 Å². The van der Waals surface area contributed by atoms with Gasteiger partial charge in [0.05, 0.1) is 6.10 Å². The van der Waals surface area contributed by atoms with Gasteiger partial charge >= 0.3 is 0 Å². The van der Waals surface area contributed by atoms with E-state index in [0.29, 0.717) is 5.15 Å². The van der Waals surface area contributed by atoms with Gasteiger partial charge in [-0.15, -0.1) is 10.2 Å². The second-order valence-corrected chi connectivity index (χ2v) is 5.09. The summed E-state index contributed by atoms with van der Waals surface area (Å²) < 4.78 is 7.36. The minimum Gasteiger partial charge on any atom is -0.378 e. The average molecular weight is 267 g/mol. The van der Waals surface area contributed by atoms with Gasteiger partial charge in [-0.25, -0.2) is 0 Å². The van der Waals surface area contributed by atoms with Crippen LogP contribution < -0.4 is 0 Å². The van der Waals surface area contributed by atoms with Crippen LogP contribution in [-0.2, 0) is 11.2 Å². The molecule has 1 unspecified atom stereocenters. The molecule has 0 radical (unpaired) electrons. The molecule has 3 rings (SSSR count). The first kappa shape index (κ1) is 11.9. The third kappa shape index (κ3) is 1.87. The number of aryl methyl sites for hydroxylation is 1. The van der Waals surface area contributed by atoms with E-state index in [0.717, 1.165) is 48.5 Å². The van der Waals surface area contributed by atoms with E-state index >= 15 is 0 Å². The summed E-state index contributed by atoms with van der Waals surface area (Å²) in [5, 5.41) is 13.3. The molecule has 0 bridgehead atoms. The maximum Gasteiger partial charge on any atom is 0.181 e. The Morgan fingerprint density at radius 3 is 2.89 bits per heavy atom. The highest BCUT2D eigenvalue weighted by molar-refractivity contribution is 6.30. The normalized spacial score (nSPS) is 19.8. The van der Waals surface area contributed by atoms with E-state index in [1.165, 1.54) is 0 Å². The van der Waals surface area contributed by atoms with Gasteiger partial charge < -0.3 is 4.74 Å². The molecule has 0 amide bonds. The minimum atomic E-state index is 0.236. The highest BCUT2D eigenvalue weighted by Crippen LogP contribution is 2.21. The summed E-state index contributed by atoms with van der Waals surface area (Å²) in [4.78, 5) is 0. The van der Waals surface area contributed by atoms with Crippen molar-refractivity contribution in [1.29, 1.82) is 0 Å². The highest BCUT2D eigenvalue weighted by Gasteiger charge is 2.20. The Morgan fingerprint density at radius 1 is 1.33 bits per heavy atom. The van der Waals surface area contributed by atoms with Crippen molar-refractivity contribution in [3.63, 3.8) is 0 Å². The number of halogens is 1. The molecule has 0 aromatic carbocycles. The van der Waals surface area contributed by atoms with Crippen LogP contribution in [-0.4, -0.2) is 32.5 Å². The largest absolute Gasteiger partial charge is 0.378 e.